The molecular weight excluding hydrogens is 369 g/mol. The van der Waals surface area contributed by atoms with Crippen molar-refractivity contribution in [3.05, 3.63) is 28.1 Å². The Balaban J connectivity index is 1.90. The maximum atomic E-state index is 12.1. The molecule has 0 aromatic carbocycles. The van der Waals surface area contributed by atoms with Crippen molar-refractivity contribution in [2.24, 2.45) is 0 Å². The number of hydrogen-bond donors (Lipinski definition) is 1. The van der Waals surface area contributed by atoms with Gasteiger partial charge >= 0.3 is 0 Å². The molecule has 0 fully saturated rings. The number of hydrogen-bond acceptors (Lipinski definition) is 5. The first-order chi connectivity index (χ1) is 11.5. The maximum absolute atomic E-state index is 12.1. The molecule has 130 valence electrons. The molecule has 9 heteroatoms. The van der Waals surface area contributed by atoms with Gasteiger partial charge in [0.2, 0.25) is 5.91 Å². The zero-order valence-electron chi connectivity index (χ0n) is 13.6. The maximum Gasteiger partial charge on any atom is 0.236 e. The predicted octanol–water partition coefficient (Wildman–Crippen LogP) is 4.21. The molecule has 0 aliphatic carbocycles. The highest BCUT2D eigenvalue weighted by Crippen LogP contribution is 2.26. The Morgan fingerprint density at radius 3 is 2.88 bits per heavy atom. The van der Waals surface area contributed by atoms with Gasteiger partial charge in [-0.05, 0) is 19.4 Å². The van der Waals surface area contributed by atoms with Gasteiger partial charge in [0, 0.05) is 6.54 Å². The molecule has 0 saturated carbocycles. The van der Waals surface area contributed by atoms with E-state index in [9.17, 15) is 4.79 Å². The molecule has 0 unspecified atom stereocenters. The third-order valence-electron chi connectivity index (χ3n) is 3.28. The minimum Gasteiger partial charge on any atom is -0.309 e. The lowest BCUT2D eigenvalue weighted by molar-refractivity contribution is -0.113. The standard InChI is InChI=1S/C15H19Cl2N5OS/c1-3-4-5-6-22-9-18-21-15(22)24-8-13(23)20-14-12(17)7-11(16)10(2)19-14/h7,9H,3-6,8H2,1-2H3,(H,19,20,23). The molecule has 0 atom stereocenters. The van der Waals surface area contributed by atoms with E-state index in [1.807, 2.05) is 4.57 Å². The number of aromatic nitrogens is 4. The van der Waals surface area contributed by atoms with E-state index in [0.29, 0.717) is 21.6 Å². The third kappa shape index (κ3) is 5.36. The van der Waals surface area contributed by atoms with Gasteiger partial charge in [0.1, 0.15) is 6.33 Å². The largest absolute Gasteiger partial charge is 0.309 e. The number of nitrogens with zero attached hydrogens (tertiary/aromatic N) is 4. The molecular formula is C15H19Cl2N5OS. The van der Waals surface area contributed by atoms with Gasteiger partial charge in [-0.3, -0.25) is 4.79 Å². The van der Waals surface area contributed by atoms with Crippen LogP contribution in [-0.2, 0) is 11.3 Å². The Labute approximate surface area is 155 Å². The van der Waals surface area contributed by atoms with Crippen LogP contribution >= 0.6 is 35.0 Å². The Hall–Kier alpha value is -1.31. The number of rotatable bonds is 8. The van der Waals surface area contributed by atoms with Crippen molar-refractivity contribution in [2.45, 2.75) is 44.8 Å². The summed E-state index contributed by atoms with van der Waals surface area (Å²) in [5, 5.41) is 12.2. The molecule has 1 amide bonds. The van der Waals surface area contributed by atoms with Crippen molar-refractivity contribution < 1.29 is 4.79 Å². The first-order valence-electron chi connectivity index (χ1n) is 7.64. The fourth-order valence-corrected chi connectivity index (χ4v) is 3.13. The summed E-state index contributed by atoms with van der Waals surface area (Å²) in [7, 11) is 0. The zero-order chi connectivity index (χ0) is 17.5. The van der Waals surface area contributed by atoms with Gasteiger partial charge in [0.15, 0.2) is 11.0 Å². The molecule has 2 rings (SSSR count). The van der Waals surface area contributed by atoms with Gasteiger partial charge in [-0.25, -0.2) is 4.98 Å². The molecule has 0 aliphatic rings. The van der Waals surface area contributed by atoms with E-state index in [1.165, 1.54) is 11.8 Å². The van der Waals surface area contributed by atoms with Crippen molar-refractivity contribution in [1.82, 2.24) is 19.7 Å². The van der Waals surface area contributed by atoms with Crippen LogP contribution in [0.2, 0.25) is 10.0 Å². The molecule has 6 nitrogen and oxygen atoms in total. The van der Waals surface area contributed by atoms with Crippen molar-refractivity contribution >= 4 is 46.7 Å². The van der Waals surface area contributed by atoms with E-state index in [2.05, 4.69) is 27.4 Å². The van der Waals surface area contributed by atoms with E-state index < -0.39 is 0 Å². The molecule has 0 saturated heterocycles. The summed E-state index contributed by atoms with van der Waals surface area (Å²) < 4.78 is 1.96. The summed E-state index contributed by atoms with van der Waals surface area (Å²) in [5.74, 6) is 0.305. The van der Waals surface area contributed by atoms with Crippen LogP contribution in [0.1, 0.15) is 31.9 Å². The van der Waals surface area contributed by atoms with Crippen LogP contribution in [0.15, 0.2) is 17.6 Å². The average molecular weight is 388 g/mol. The zero-order valence-corrected chi connectivity index (χ0v) is 15.9. The molecule has 0 aliphatic heterocycles. The van der Waals surface area contributed by atoms with E-state index in [1.54, 1.807) is 19.3 Å². The van der Waals surface area contributed by atoms with Gasteiger partial charge in [-0.15, -0.1) is 10.2 Å². The number of halogens is 2. The molecule has 24 heavy (non-hydrogen) atoms. The summed E-state index contributed by atoms with van der Waals surface area (Å²) in [6.07, 6.45) is 5.07. The summed E-state index contributed by atoms with van der Waals surface area (Å²) in [6.45, 7) is 4.76. The second kappa shape index (κ2) is 9.25. The van der Waals surface area contributed by atoms with Gasteiger partial charge in [-0.1, -0.05) is 54.7 Å². The quantitative estimate of drug-likeness (QED) is 0.542. The molecule has 0 radical (unpaired) electrons. The first kappa shape index (κ1) is 19.0. The fraction of sp³-hybridized carbons (Fsp3) is 0.467. The molecule has 0 bridgehead atoms. The van der Waals surface area contributed by atoms with Gasteiger partial charge < -0.3 is 9.88 Å². The minimum atomic E-state index is -0.209. The van der Waals surface area contributed by atoms with Crippen LogP contribution in [0.5, 0.6) is 0 Å². The van der Waals surface area contributed by atoms with Crippen LogP contribution in [-0.4, -0.2) is 31.4 Å². The van der Waals surface area contributed by atoms with Gasteiger partial charge in [-0.2, -0.15) is 0 Å². The van der Waals surface area contributed by atoms with Crippen LogP contribution in [0.25, 0.3) is 0 Å². The SMILES string of the molecule is CCCCCn1cnnc1SCC(=O)Nc1nc(C)c(Cl)cc1Cl. The summed E-state index contributed by atoms with van der Waals surface area (Å²) in [5.41, 5.74) is 0.611. The van der Waals surface area contributed by atoms with E-state index in [0.717, 1.165) is 31.0 Å². The number of amides is 1. The number of nitrogens with one attached hydrogen (secondary N) is 1. The average Bonchev–Trinajstić information content (AvgIpc) is 2.98. The Kier molecular flexibility index (Phi) is 7.33. The minimum absolute atomic E-state index is 0.201. The highest BCUT2D eigenvalue weighted by molar-refractivity contribution is 7.99. The van der Waals surface area contributed by atoms with E-state index in [-0.39, 0.29) is 11.7 Å². The van der Waals surface area contributed by atoms with E-state index >= 15 is 0 Å². The number of unbranched alkanes of at least 4 members (excludes halogenated alkanes) is 2. The topological polar surface area (TPSA) is 72.7 Å². The monoisotopic (exact) mass is 387 g/mol. The highest BCUT2D eigenvalue weighted by Gasteiger charge is 2.12. The Morgan fingerprint density at radius 2 is 2.12 bits per heavy atom. The highest BCUT2D eigenvalue weighted by atomic mass is 35.5. The number of aryl methyl sites for hydroxylation is 2. The van der Waals surface area contributed by atoms with Crippen LogP contribution < -0.4 is 5.32 Å². The lowest BCUT2D eigenvalue weighted by Gasteiger charge is -2.08. The Bertz CT molecular complexity index is 707. The Morgan fingerprint density at radius 1 is 1.33 bits per heavy atom. The second-order valence-electron chi connectivity index (χ2n) is 5.24. The fourth-order valence-electron chi connectivity index (χ4n) is 1.99. The molecule has 0 spiro atoms. The lowest BCUT2D eigenvalue weighted by Crippen LogP contribution is -2.16. The van der Waals surface area contributed by atoms with Gasteiger partial charge in [0.25, 0.3) is 0 Å². The number of carbonyl (C=O) groups is 1. The molecule has 2 aromatic heterocycles. The van der Waals surface area contributed by atoms with Crippen LogP contribution in [0, 0.1) is 6.92 Å². The van der Waals surface area contributed by atoms with Crippen LogP contribution in [0.4, 0.5) is 5.82 Å². The van der Waals surface area contributed by atoms with Crippen molar-refractivity contribution in [3.63, 3.8) is 0 Å². The van der Waals surface area contributed by atoms with Gasteiger partial charge in [0.05, 0.1) is 21.5 Å². The van der Waals surface area contributed by atoms with E-state index in [4.69, 9.17) is 23.2 Å². The van der Waals surface area contributed by atoms with Crippen molar-refractivity contribution in [3.8, 4) is 0 Å². The predicted molar refractivity (Wildman–Crippen MR) is 97.9 cm³/mol. The molecule has 2 aromatic rings. The van der Waals surface area contributed by atoms with Crippen molar-refractivity contribution in [2.75, 3.05) is 11.1 Å². The van der Waals surface area contributed by atoms with Crippen molar-refractivity contribution in [1.29, 1.82) is 0 Å². The number of pyridine rings is 1. The summed E-state index contributed by atoms with van der Waals surface area (Å²) >= 11 is 13.3. The second-order valence-corrected chi connectivity index (χ2v) is 6.99. The smallest absolute Gasteiger partial charge is 0.236 e. The molecule has 2 heterocycles. The summed E-state index contributed by atoms with van der Waals surface area (Å²) in [4.78, 5) is 16.3. The number of thioether (sulfide) groups is 1. The van der Waals surface area contributed by atoms with Crippen LogP contribution in [0.3, 0.4) is 0 Å². The lowest BCUT2D eigenvalue weighted by atomic mass is 10.2. The molecule has 1 N–H and O–H groups in total. The first-order valence-corrected chi connectivity index (χ1v) is 9.38. The number of anilines is 1. The third-order valence-corrected chi connectivity index (χ3v) is 4.93. The summed E-state index contributed by atoms with van der Waals surface area (Å²) in [6, 6.07) is 1.57. The normalized spacial score (nSPS) is 10.8. The number of carbonyl (C=O) groups excluding carboxylic acids is 1.